The van der Waals surface area contributed by atoms with Gasteiger partial charge in [0.1, 0.15) is 19.8 Å². The first-order valence-electron chi connectivity index (χ1n) is 26.1. The highest BCUT2D eigenvalue weighted by atomic mass is 31.2. The number of unbranched alkanes of at least 4 members (excludes halogenated alkanes) is 30. The summed E-state index contributed by atoms with van der Waals surface area (Å²) in [5, 5.41) is 0. The third-order valence-electron chi connectivity index (χ3n) is 11.5. The maximum Gasteiger partial charge on any atom is 0.472 e. The molecule has 2 atom stereocenters. The van der Waals surface area contributed by atoms with Crippen molar-refractivity contribution in [2.24, 2.45) is 0 Å². The van der Waals surface area contributed by atoms with Gasteiger partial charge in [0, 0.05) is 12.8 Å². The van der Waals surface area contributed by atoms with E-state index < -0.39 is 26.5 Å². The van der Waals surface area contributed by atoms with E-state index in [1.165, 1.54) is 173 Å². The van der Waals surface area contributed by atoms with Crippen LogP contribution in [0.25, 0.3) is 0 Å². The number of rotatable bonds is 48. The number of ether oxygens (including phenoxy) is 2. The van der Waals surface area contributed by atoms with Crippen molar-refractivity contribution in [3.63, 3.8) is 0 Å². The predicted octanol–water partition coefficient (Wildman–Crippen LogP) is 15.5. The van der Waals surface area contributed by atoms with E-state index >= 15 is 0 Å². The Morgan fingerprint density at radius 3 is 1.19 bits per heavy atom. The summed E-state index contributed by atoms with van der Waals surface area (Å²) in [5.41, 5.74) is 0. The summed E-state index contributed by atoms with van der Waals surface area (Å²) >= 11 is 0. The molecule has 9 nitrogen and oxygen atoms in total. The topological polar surface area (TPSA) is 108 Å². The predicted molar refractivity (Wildman–Crippen MR) is 261 cm³/mol. The van der Waals surface area contributed by atoms with Crippen LogP contribution in [-0.4, -0.2) is 74.9 Å². The largest absolute Gasteiger partial charge is 0.472 e. The summed E-state index contributed by atoms with van der Waals surface area (Å²) < 4.78 is 34.5. The van der Waals surface area contributed by atoms with Gasteiger partial charge in [-0.3, -0.25) is 18.6 Å². The monoisotopic (exact) mass is 899 g/mol. The van der Waals surface area contributed by atoms with Gasteiger partial charge in [-0.25, -0.2) is 4.57 Å². The maximum atomic E-state index is 12.8. The van der Waals surface area contributed by atoms with Crippen molar-refractivity contribution >= 4 is 19.8 Å². The Morgan fingerprint density at radius 1 is 0.484 bits per heavy atom. The summed E-state index contributed by atoms with van der Waals surface area (Å²) in [7, 11) is 1.48. The molecule has 10 heteroatoms. The van der Waals surface area contributed by atoms with E-state index in [1.54, 1.807) is 0 Å². The Labute approximate surface area is 383 Å². The number of likely N-dealkylation sites (N-methyl/N-ethyl adjacent to an activating group) is 1. The van der Waals surface area contributed by atoms with Crippen LogP contribution in [0.5, 0.6) is 0 Å². The average molecular weight is 899 g/mol. The number of phosphoric ester groups is 1. The van der Waals surface area contributed by atoms with E-state index in [0.717, 1.165) is 38.5 Å². The zero-order chi connectivity index (χ0) is 45.7. The summed E-state index contributed by atoms with van der Waals surface area (Å²) in [5.74, 6) is -0.792. The van der Waals surface area contributed by atoms with Crippen molar-refractivity contribution < 1.29 is 42.1 Å². The molecule has 0 heterocycles. The summed E-state index contributed by atoms with van der Waals surface area (Å²) in [6.45, 7) is 4.45. The Morgan fingerprint density at radius 2 is 0.823 bits per heavy atom. The molecule has 0 saturated carbocycles. The van der Waals surface area contributed by atoms with E-state index in [1.807, 2.05) is 21.1 Å². The zero-order valence-electron chi connectivity index (χ0n) is 41.4. The van der Waals surface area contributed by atoms with Crippen molar-refractivity contribution in [3.8, 4) is 0 Å². The first-order chi connectivity index (χ1) is 30.0. The zero-order valence-corrected chi connectivity index (χ0v) is 42.3. The molecule has 0 aliphatic heterocycles. The van der Waals surface area contributed by atoms with Crippen LogP contribution in [0.15, 0.2) is 24.3 Å². The van der Waals surface area contributed by atoms with Crippen molar-refractivity contribution in [3.05, 3.63) is 24.3 Å². The van der Waals surface area contributed by atoms with Gasteiger partial charge in [0.15, 0.2) is 6.10 Å². The number of phosphoric acid groups is 1. The highest BCUT2D eigenvalue weighted by Crippen LogP contribution is 2.43. The molecule has 366 valence electrons. The fraction of sp³-hybridized carbons (Fsp3) is 0.885. The lowest BCUT2D eigenvalue weighted by Gasteiger charge is -2.24. The molecular weight excluding hydrogens is 798 g/mol. The first-order valence-corrected chi connectivity index (χ1v) is 27.6. The van der Waals surface area contributed by atoms with E-state index in [4.69, 9.17) is 18.5 Å². The lowest BCUT2D eigenvalue weighted by atomic mass is 10.1. The third-order valence-corrected chi connectivity index (χ3v) is 12.4. The van der Waals surface area contributed by atoms with Crippen molar-refractivity contribution in [1.82, 2.24) is 0 Å². The van der Waals surface area contributed by atoms with Crippen LogP contribution in [0, 0.1) is 0 Å². The second kappa shape index (κ2) is 44.7. The van der Waals surface area contributed by atoms with Crippen LogP contribution in [0.2, 0.25) is 0 Å². The van der Waals surface area contributed by atoms with Crippen LogP contribution in [0.4, 0.5) is 0 Å². The van der Waals surface area contributed by atoms with Gasteiger partial charge in [0.2, 0.25) is 0 Å². The number of nitrogens with zero attached hydrogens (tertiary/aromatic N) is 1. The van der Waals surface area contributed by atoms with Crippen molar-refractivity contribution in [1.29, 1.82) is 0 Å². The Kier molecular flexibility index (Phi) is 43.6. The molecule has 0 aromatic heterocycles. The number of quaternary nitrogens is 1. The molecule has 1 N–H and O–H groups in total. The first kappa shape index (κ1) is 60.5. The second-order valence-corrected chi connectivity index (χ2v) is 20.4. The van der Waals surface area contributed by atoms with Crippen LogP contribution in [0.3, 0.4) is 0 Å². The normalized spacial score (nSPS) is 13.6. The van der Waals surface area contributed by atoms with Crippen LogP contribution < -0.4 is 0 Å². The van der Waals surface area contributed by atoms with Gasteiger partial charge in [-0.2, -0.15) is 0 Å². The van der Waals surface area contributed by atoms with E-state index in [2.05, 4.69) is 38.2 Å². The second-order valence-electron chi connectivity index (χ2n) is 18.9. The third kappa shape index (κ3) is 48.0. The highest BCUT2D eigenvalue weighted by Gasteiger charge is 2.27. The molecule has 0 radical (unpaired) electrons. The molecule has 0 aliphatic rings. The Hall–Kier alpha value is -1.51. The number of esters is 2. The van der Waals surface area contributed by atoms with Crippen LogP contribution >= 0.6 is 7.82 Å². The van der Waals surface area contributed by atoms with Crippen LogP contribution in [-0.2, 0) is 32.7 Å². The minimum absolute atomic E-state index is 0.0327. The van der Waals surface area contributed by atoms with E-state index in [-0.39, 0.29) is 32.0 Å². The van der Waals surface area contributed by atoms with Gasteiger partial charge >= 0.3 is 19.8 Å². The molecule has 0 rings (SSSR count). The van der Waals surface area contributed by atoms with Gasteiger partial charge in [0.05, 0.1) is 27.7 Å². The number of hydrogen-bond donors (Lipinski definition) is 1. The smallest absolute Gasteiger partial charge is 0.462 e. The number of carbonyl (C=O) groups excluding carboxylic acids is 2. The van der Waals surface area contributed by atoms with E-state index in [9.17, 15) is 19.0 Å². The molecule has 0 fully saturated rings. The minimum atomic E-state index is -4.38. The summed E-state index contributed by atoms with van der Waals surface area (Å²) in [6, 6.07) is 0. The lowest BCUT2D eigenvalue weighted by molar-refractivity contribution is -0.870. The molecule has 0 spiro atoms. The molecule has 62 heavy (non-hydrogen) atoms. The molecule has 0 bridgehead atoms. The molecule has 0 aromatic carbocycles. The van der Waals surface area contributed by atoms with Gasteiger partial charge in [-0.15, -0.1) is 0 Å². The number of carbonyl (C=O) groups is 2. The maximum absolute atomic E-state index is 12.8. The molecule has 0 amide bonds. The average Bonchev–Trinajstić information content (AvgIpc) is 3.23. The fourth-order valence-corrected chi connectivity index (χ4v) is 8.10. The van der Waals surface area contributed by atoms with Gasteiger partial charge in [-0.1, -0.05) is 192 Å². The fourth-order valence-electron chi connectivity index (χ4n) is 7.36. The Bertz CT molecular complexity index is 1110. The highest BCUT2D eigenvalue weighted by molar-refractivity contribution is 7.47. The van der Waals surface area contributed by atoms with Crippen molar-refractivity contribution in [2.45, 2.75) is 251 Å². The SMILES string of the molecule is CCCCCCCC/C=C\CCCCCCCCCCCC(=O)OC[C@H](COP(=O)(O)OCC[N+](C)(C)C)OC(=O)CCCCCCCCCCC/C=C\CCCCCCCC. The van der Waals surface area contributed by atoms with Gasteiger partial charge in [-0.05, 0) is 64.2 Å². The van der Waals surface area contributed by atoms with E-state index in [0.29, 0.717) is 17.4 Å². The summed E-state index contributed by atoms with van der Waals surface area (Å²) in [6.07, 6.45) is 50.8. The molecular formula is C52H101NO8P+. The molecule has 0 aliphatic carbocycles. The van der Waals surface area contributed by atoms with Gasteiger partial charge < -0.3 is 18.9 Å². The van der Waals surface area contributed by atoms with Crippen molar-refractivity contribution in [2.75, 3.05) is 47.5 Å². The molecule has 0 aromatic rings. The molecule has 1 unspecified atom stereocenters. The number of hydrogen-bond acceptors (Lipinski definition) is 7. The minimum Gasteiger partial charge on any atom is -0.462 e. The molecule has 0 saturated heterocycles. The lowest BCUT2D eigenvalue weighted by Crippen LogP contribution is -2.37. The summed E-state index contributed by atoms with van der Waals surface area (Å²) in [4.78, 5) is 35.6. The standard InChI is InChI=1S/C52H100NO8P/c1-6-8-10-12-14-16-18-20-22-24-26-28-30-32-34-36-38-40-42-44-51(54)58-48-50(49-60-62(56,57)59-47-46-53(3,4)5)61-52(55)45-43-41-39-37-35-33-31-29-27-25-23-21-19-17-15-13-11-9-7-2/h20-23,50H,6-19,24-49H2,1-5H3/p+1/b22-20-,23-21-/t50-/m1/s1. The number of allylic oxidation sites excluding steroid dienone is 4. The Balaban J connectivity index is 4.23. The van der Waals surface area contributed by atoms with Gasteiger partial charge in [0.25, 0.3) is 0 Å². The van der Waals surface area contributed by atoms with Crippen LogP contribution in [0.1, 0.15) is 245 Å². The quantitative estimate of drug-likeness (QED) is 0.0211.